The summed E-state index contributed by atoms with van der Waals surface area (Å²) in [6, 6.07) is 0.318. The molecule has 0 heterocycles. The van der Waals surface area contributed by atoms with Gasteiger partial charge >= 0.3 is 0 Å². The quantitative estimate of drug-likeness (QED) is 0.712. The Morgan fingerprint density at radius 3 is 2.47 bits per heavy atom. The summed E-state index contributed by atoms with van der Waals surface area (Å²) >= 11 is 0. The molecule has 90 valence electrons. The molecule has 0 aliphatic heterocycles. The maximum Gasteiger partial charge on any atom is 0.0575 e. The Labute approximate surface area is 94.6 Å². The highest BCUT2D eigenvalue weighted by Gasteiger charge is 2.26. The first kappa shape index (κ1) is 13.0. The Bertz CT molecular complexity index is 167. The van der Waals surface area contributed by atoms with Crippen molar-refractivity contribution in [2.75, 3.05) is 6.61 Å². The summed E-state index contributed by atoms with van der Waals surface area (Å²) in [5, 5.41) is 0. The third kappa shape index (κ3) is 5.53. The van der Waals surface area contributed by atoms with Gasteiger partial charge < -0.3 is 10.5 Å². The van der Waals surface area contributed by atoms with Crippen molar-refractivity contribution in [3.05, 3.63) is 0 Å². The molecule has 1 unspecified atom stereocenters. The molecule has 0 radical (unpaired) electrons. The minimum atomic E-state index is 0.318. The second-order valence-electron chi connectivity index (χ2n) is 5.85. The fourth-order valence-electron chi connectivity index (χ4n) is 2.19. The highest BCUT2D eigenvalue weighted by molar-refractivity contribution is 4.78. The molecule has 1 aliphatic rings. The van der Waals surface area contributed by atoms with Crippen LogP contribution in [0.3, 0.4) is 0 Å². The zero-order valence-corrected chi connectivity index (χ0v) is 10.6. The largest absolute Gasteiger partial charge is 0.378 e. The molecule has 0 aromatic rings. The van der Waals surface area contributed by atoms with Crippen LogP contribution in [0, 0.1) is 5.41 Å². The van der Waals surface area contributed by atoms with Crippen LogP contribution in [0.2, 0.25) is 0 Å². The Morgan fingerprint density at radius 1 is 1.33 bits per heavy atom. The van der Waals surface area contributed by atoms with Crippen molar-refractivity contribution in [1.29, 1.82) is 0 Å². The van der Waals surface area contributed by atoms with Crippen LogP contribution in [-0.2, 0) is 4.74 Å². The lowest BCUT2D eigenvalue weighted by Crippen LogP contribution is -2.27. The van der Waals surface area contributed by atoms with E-state index in [9.17, 15) is 0 Å². The second-order valence-corrected chi connectivity index (χ2v) is 5.85. The lowest BCUT2D eigenvalue weighted by atomic mass is 9.76. The van der Waals surface area contributed by atoms with Crippen molar-refractivity contribution in [2.45, 2.75) is 71.4 Å². The molecule has 1 atom stereocenters. The fourth-order valence-corrected chi connectivity index (χ4v) is 2.19. The minimum Gasteiger partial charge on any atom is -0.378 e. The maximum absolute atomic E-state index is 5.87. The summed E-state index contributed by atoms with van der Waals surface area (Å²) in [7, 11) is 0. The molecular weight excluding hydrogens is 186 g/mol. The summed E-state index contributed by atoms with van der Waals surface area (Å²) in [5.41, 5.74) is 6.24. The monoisotopic (exact) mass is 213 g/mol. The van der Waals surface area contributed by atoms with Crippen LogP contribution in [0.5, 0.6) is 0 Å². The van der Waals surface area contributed by atoms with E-state index in [1.54, 1.807) is 0 Å². The Kier molecular flexibility index (Phi) is 5.07. The van der Waals surface area contributed by atoms with Gasteiger partial charge in [0.05, 0.1) is 6.10 Å². The summed E-state index contributed by atoms with van der Waals surface area (Å²) in [5.74, 6) is 0. The van der Waals surface area contributed by atoms with E-state index < -0.39 is 0 Å². The van der Waals surface area contributed by atoms with Crippen LogP contribution in [-0.4, -0.2) is 18.8 Å². The first-order chi connectivity index (χ1) is 6.99. The molecule has 2 N–H and O–H groups in total. The standard InChI is InChI=1S/C13H27NO/c1-11(14)5-4-10-15-12-6-8-13(2,3)9-7-12/h11-12H,4-10,14H2,1-3H3. The van der Waals surface area contributed by atoms with Gasteiger partial charge in [0.25, 0.3) is 0 Å². The molecular formula is C13H27NO. The normalized spacial score (nSPS) is 24.0. The Morgan fingerprint density at radius 2 is 1.93 bits per heavy atom. The molecule has 0 aromatic carbocycles. The van der Waals surface area contributed by atoms with Crippen LogP contribution in [0.15, 0.2) is 0 Å². The van der Waals surface area contributed by atoms with Crippen LogP contribution < -0.4 is 5.73 Å². The lowest BCUT2D eigenvalue weighted by Gasteiger charge is -2.34. The lowest BCUT2D eigenvalue weighted by molar-refractivity contribution is 0.00255. The molecule has 0 bridgehead atoms. The summed E-state index contributed by atoms with van der Waals surface area (Å²) in [4.78, 5) is 0. The smallest absolute Gasteiger partial charge is 0.0575 e. The maximum atomic E-state index is 5.87. The molecule has 1 saturated carbocycles. The van der Waals surface area contributed by atoms with Gasteiger partial charge in [0.1, 0.15) is 0 Å². The molecule has 1 fully saturated rings. The third-order valence-corrected chi connectivity index (χ3v) is 3.44. The van der Waals surface area contributed by atoms with Crippen LogP contribution in [0.4, 0.5) is 0 Å². The first-order valence-corrected chi connectivity index (χ1v) is 6.37. The molecule has 1 rings (SSSR count). The Hall–Kier alpha value is -0.0800. The molecule has 0 aromatic heterocycles. The zero-order chi connectivity index (χ0) is 11.3. The Balaban J connectivity index is 2.04. The van der Waals surface area contributed by atoms with Gasteiger partial charge in [-0.1, -0.05) is 13.8 Å². The average molecular weight is 213 g/mol. The van der Waals surface area contributed by atoms with Crippen molar-refractivity contribution in [2.24, 2.45) is 11.1 Å². The topological polar surface area (TPSA) is 35.2 Å². The summed E-state index contributed by atoms with van der Waals surface area (Å²) in [6.45, 7) is 7.68. The molecule has 0 amide bonds. The zero-order valence-electron chi connectivity index (χ0n) is 10.6. The van der Waals surface area contributed by atoms with Crippen molar-refractivity contribution in [3.63, 3.8) is 0 Å². The molecule has 0 saturated heterocycles. The number of rotatable bonds is 5. The van der Waals surface area contributed by atoms with Gasteiger partial charge in [-0.15, -0.1) is 0 Å². The van der Waals surface area contributed by atoms with Gasteiger partial charge in [-0.2, -0.15) is 0 Å². The van der Waals surface area contributed by atoms with Crippen molar-refractivity contribution in [3.8, 4) is 0 Å². The van der Waals surface area contributed by atoms with Crippen LogP contribution >= 0.6 is 0 Å². The van der Waals surface area contributed by atoms with Crippen molar-refractivity contribution in [1.82, 2.24) is 0 Å². The van der Waals surface area contributed by atoms with E-state index in [-0.39, 0.29) is 0 Å². The van der Waals surface area contributed by atoms with Crippen molar-refractivity contribution < 1.29 is 4.74 Å². The van der Waals surface area contributed by atoms with E-state index in [0.29, 0.717) is 17.6 Å². The first-order valence-electron chi connectivity index (χ1n) is 6.37. The van der Waals surface area contributed by atoms with Gasteiger partial charge in [0.2, 0.25) is 0 Å². The molecule has 15 heavy (non-hydrogen) atoms. The van der Waals surface area contributed by atoms with E-state index in [2.05, 4.69) is 20.8 Å². The number of ether oxygens (including phenoxy) is 1. The number of nitrogens with two attached hydrogens (primary N) is 1. The SMILES string of the molecule is CC(N)CCCOC1CCC(C)(C)CC1. The molecule has 2 nitrogen and oxygen atoms in total. The summed E-state index contributed by atoms with van der Waals surface area (Å²) < 4.78 is 5.87. The minimum absolute atomic E-state index is 0.318. The highest BCUT2D eigenvalue weighted by Crippen LogP contribution is 2.36. The average Bonchev–Trinajstić information content (AvgIpc) is 2.14. The molecule has 2 heteroatoms. The molecule has 0 spiro atoms. The fraction of sp³-hybridized carbons (Fsp3) is 1.00. The van der Waals surface area contributed by atoms with Gasteiger partial charge in [-0.3, -0.25) is 0 Å². The number of hydrogen-bond donors (Lipinski definition) is 1. The molecule has 1 aliphatic carbocycles. The van der Waals surface area contributed by atoms with E-state index in [1.165, 1.54) is 25.7 Å². The van der Waals surface area contributed by atoms with Crippen LogP contribution in [0.25, 0.3) is 0 Å². The van der Waals surface area contributed by atoms with E-state index >= 15 is 0 Å². The van der Waals surface area contributed by atoms with E-state index in [1.807, 2.05) is 0 Å². The van der Waals surface area contributed by atoms with Gasteiger partial charge in [0.15, 0.2) is 0 Å². The van der Waals surface area contributed by atoms with Gasteiger partial charge in [0, 0.05) is 12.6 Å². The van der Waals surface area contributed by atoms with Gasteiger partial charge in [-0.05, 0) is 50.9 Å². The predicted molar refractivity (Wildman–Crippen MR) is 64.9 cm³/mol. The highest BCUT2D eigenvalue weighted by atomic mass is 16.5. The third-order valence-electron chi connectivity index (χ3n) is 3.44. The van der Waals surface area contributed by atoms with E-state index in [4.69, 9.17) is 10.5 Å². The van der Waals surface area contributed by atoms with Crippen LogP contribution in [0.1, 0.15) is 59.3 Å². The second kappa shape index (κ2) is 5.86. The van der Waals surface area contributed by atoms with Crippen molar-refractivity contribution >= 4 is 0 Å². The van der Waals surface area contributed by atoms with E-state index in [0.717, 1.165) is 19.4 Å². The summed E-state index contributed by atoms with van der Waals surface area (Å²) in [6.07, 6.45) is 7.81. The predicted octanol–water partition coefficient (Wildman–Crippen LogP) is 3.10. The van der Waals surface area contributed by atoms with Gasteiger partial charge in [-0.25, -0.2) is 0 Å². The number of hydrogen-bond acceptors (Lipinski definition) is 2.